The molecule has 0 fully saturated rings. The van der Waals surface area contributed by atoms with E-state index in [0.717, 1.165) is 22.1 Å². The first-order valence-electron chi connectivity index (χ1n) is 8.69. The van der Waals surface area contributed by atoms with Gasteiger partial charge in [0.2, 0.25) is 0 Å². The maximum absolute atomic E-state index is 10.5. The van der Waals surface area contributed by atoms with E-state index in [0.29, 0.717) is 28.2 Å². The molecule has 7 nitrogen and oxygen atoms in total. The van der Waals surface area contributed by atoms with Crippen LogP contribution in [0.2, 0.25) is 0 Å². The van der Waals surface area contributed by atoms with Gasteiger partial charge in [-0.05, 0) is 42.7 Å². The van der Waals surface area contributed by atoms with Crippen molar-refractivity contribution in [3.05, 3.63) is 65.5 Å². The highest BCUT2D eigenvalue weighted by Crippen LogP contribution is 2.39. The van der Waals surface area contributed by atoms with Gasteiger partial charge in [0, 0.05) is 30.3 Å². The molecule has 0 unspecified atom stereocenters. The first kappa shape index (κ1) is 17.5. The average molecular weight is 370 g/mol. The smallest absolute Gasteiger partial charge is 0.198 e. The van der Waals surface area contributed by atoms with Crippen molar-refractivity contribution in [2.45, 2.75) is 13.8 Å². The van der Waals surface area contributed by atoms with E-state index in [1.807, 2.05) is 33.0 Å². The molecule has 28 heavy (non-hydrogen) atoms. The lowest BCUT2D eigenvalue weighted by Crippen LogP contribution is -1.93. The fraction of sp³-hybridized carbons (Fsp3) is 0.143. The van der Waals surface area contributed by atoms with Crippen LogP contribution in [0, 0.1) is 13.5 Å². The molecule has 0 atom stereocenters. The molecule has 0 radical (unpaired) electrons. The summed E-state index contributed by atoms with van der Waals surface area (Å²) in [5.41, 5.74) is 5.85. The summed E-state index contributed by atoms with van der Waals surface area (Å²) in [6.07, 6.45) is 6.95. The van der Waals surface area contributed by atoms with E-state index in [1.54, 1.807) is 35.5 Å². The normalized spacial score (nSPS) is 11.7. The van der Waals surface area contributed by atoms with Crippen LogP contribution in [0.1, 0.15) is 18.1 Å². The Kier molecular flexibility index (Phi) is 4.17. The molecule has 138 valence electrons. The zero-order valence-electron chi connectivity index (χ0n) is 15.7. The Bertz CT molecular complexity index is 1270. The monoisotopic (exact) mass is 370 g/mol. The lowest BCUT2D eigenvalue weighted by atomic mass is 9.98. The van der Waals surface area contributed by atoms with Crippen LogP contribution in [0.15, 0.2) is 48.0 Å². The Hall–Kier alpha value is -3.92. The number of aryl methyl sites for hydroxylation is 2. The van der Waals surface area contributed by atoms with Crippen molar-refractivity contribution in [2.24, 2.45) is 12.0 Å². The van der Waals surface area contributed by atoms with E-state index < -0.39 is 0 Å². The van der Waals surface area contributed by atoms with E-state index in [1.165, 1.54) is 0 Å². The van der Waals surface area contributed by atoms with Crippen LogP contribution >= 0.6 is 0 Å². The maximum Gasteiger partial charge on any atom is 0.198 e. The second kappa shape index (κ2) is 6.67. The molecular formula is C21H18N6O. The number of aromatic nitrogens is 4. The van der Waals surface area contributed by atoms with Gasteiger partial charge in [-0.25, -0.2) is 9.84 Å². The summed E-state index contributed by atoms with van der Waals surface area (Å²) < 4.78 is 1.67. The number of fused-ring (bicyclic) bond motifs is 1. The lowest BCUT2D eigenvalue weighted by molar-refractivity contribution is 0.457. The highest BCUT2D eigenvalue weighted by Gasteiger charge is 2.18. The number of nitrogens with one attached hydrogen (secondary N) is 1. The molecule has 4 aromatic rings. The van der Waals surface area contributed by atoms with Crippen molar-refractivity contribution in [1.82, 2.24) is 19.7 Å². The lowest BCUT2D eigenvalue weighted by Gasteiger charge is -2.09. The number of aliphatic imine (C=N–C) groups is 1. The van der Waals surface area contributed by atoms with Gasteiger partial charge in [0.05, 0.1) is 30.2 Å². The molecule has 2 N–H and O–H groups in total. The van der Waals surface area contributed by atoms with Crippen molar-refractivity contribution >= 4 is 28.0 Å². The van der Waals surface area contributed by atoms with E-state index in [-0.39, 0.29) is 5.88 Å². The minimum absolute atomic E-state index is 0.0242. The first-order valence-corrected chi connectivity index (χ1v) is 8.69. The molecular weight excluding hydrogens is 352 g/mol. The second-order valence-corrected chi connectivity index (χ2v) is 6.64. The molecule has 1 aromatic carbocycles. The van der Waals surface area contributed by atoms with Crippen molar-refractivity contribution < 1.29 is 5.11 Å². The molecule has 4 rings (SSSR count). The van der Waals surface area contributed by atoms with Gasteiger partial charge in [-0.3, -0.25) is 9.67 Å². The molecule has 7 heteroatoms. The minimum atomic E-state index is 0.0242. The summed E-state index contributed by atoms with van der Waals surface area (Å²) in [5.74, 6) is 0.0242. The zero-order chi connectivity index (χ0) is 19.8. The summed E-state index contributed by atoms with van der Waals surface area (Å²) in [6.45, 7) is 11.4. The van der Waals surface area contributed by atoms with Gasteiger partial charge in [0.25, 0.3) is 0 Å². The van der Waals surface area contributed by atoms with Crippen molar-refractivity contribution in [1.29, 1.82) is 0 Å². The van der Waals surface area contributed by atoms with Gasteiger partial charge in [0.1, 0.15) is 5.69 Å². The third kappa shape index (κ3) is 2.91. The fourth-order valence-corrected chi connectivity index (χ4v) is 3.35. The standard InChI is InChI=1S/C21H18N6O/c1-12-5-6-23-10-17(12)15-7-16-19(8-18(15)22-3)26-21(28)20(16)13(2)25-14-9-24-27(4)11-14/h5-11,26,28H,1-2,4H3. The largest absolute Gasteiger partial charge is 0.494 e. The zero-order valence-corrected chi connectivity index (χ0v) is 15.7. The SMILES string of the molecule is [C-]#[N+]c1cc2[nH]c(O)c(C(C)=Nc3cnn(C)c3)c2cc1-c1cnccc1C. The van der Waals surface area contributed by atoms with Crippen LogP contribution in [0.4, 0.5) is 11.4 Å². The van der Waals surface area contributed by atoms with Crippen LogP contribution in [0.5, 0.6) is 5.88 Å². The van der Waals surface area contributed by atoms with Crippen LogP contribution < -0.4 is 0 Å². The minimum Gasteiger partial charge on any atom is -0.494 e. The highest BCUT2D eigenvalue weighted by atomic mass is 16.3. The van der Waals surface area contributed by atoms with Crippen molar-refractivity contribution in [2.75, 3.05) is 0 Å². The number of nitrogens with zero attached hydrogens (tertiary/aromatic N) is 5. The maximum atomic E-state index is 10.5. The van der Waals surface area contributed by atoms with Gasteiger partial charge in [-0.1, -0.05) is 6.07 Å². The van der Waals surface area contributed by atoms with Gasteiger partial charge < -0.3 is 10.1 Å². The molecule has 3 aromatic heterocycles. The second-order valence-electron chi connectivity index (χ2n) is 6.64. The molecule has 0 amide bonds. The number of benzene rings is 1. The Balaban J connectivity index is 1.95. The third-order valence-corrected chi connectivity index (χ3v) is 4.69. The summed E-state index contributed by atoms with van der Waals surface area (Å²) in [5, 5.41) is 15.4. The topological polar surface area (TPSA) is 83.5 Å². The Labute approximate surface area is 161 Å². The molecule has 0 spiro atoms. The van der Waals surface area contributed by atoms with Crippen LogP contribution in [-0.4, -0.2) is 30.6 Å². The van der Waals surface area contributed by atoms with Crippen LogP contribution in [-0.2, 0) is 7.05 Å². The fourth-order valence-electron chi connectivity index (χ4n) is 3.35. The van der Waals surface area contributed by atoms with E-state index >= 15 is 0 Å². The number of pyridine rings is 1. The predicted molar refractivity (Wildman–Crippen MR) is 109 cm³/mol. The average Bonchev–Trinajstić information content (AvgIpc) is 3.22. The number of hydrogen-bond donors (Lipinski definition) is 2. The molecule has 0 saturated carbocycles. The number of H-pyrrole nitrogens is 1. The van der Waals surface area contributed by atoms with Crippen LogP contribution in [0.25, 0.3) is 26.9 Å². The first-order chi connectivity index (χ1) is 13.5. The van der Waals surface area contributed by atoms with Gasteiger partial charge in [-0.2, -0.15) is 5.10 Å². The summed E-state index contributed by atoms with van der Waals surface area (Å²) in [6, 6.07) is 5.59. The number of hydrogen-bond acceptors (Lipinski definition) is 4. The molecule has 0 saturated heterocycles. The van der Waals surface area contributed by atoms with Gasteiger partial charge >= 0.3 is 0 Å². The summed E-state index contributed by atoms with van der Waals surface area (Å²) in [7, 11) is 1.83. The van der Waals surface area contributed by atoms with Crippen molar-refractivity contribution in [3.8, 4) is 17.0 Å². The number of aromatic hydroxyl groups is 1. The Morgan fingerprint density at radius 1 is 1.29 bits per heavy atom. The Morgan fingerprint density at radius 2 is 2.11 bits per heavy atom. The van der Waals surface area contributed by atoms with Gasteiger partial charge in [-0.15, -0.1) is 0 Å². The van der Waals surface area contributed by atoms with E-state index in [4.69, 9.17) is 6.57 Å². The quantitative estimate of drug-likeness (QED) is 0.406. The molecule has 0 aliphatic carbocycles. The Morgan fingerprint density at radius 3 is 2.79 bits per heavy atom. The predicted octanol–water partition coefficient (Wildman–Crippen LogP) is 4.67. The van der Waals surface area contributed by atoms with Gasteiger partial charge in [0.15, 0.2) is 11.6 Å². The molecule has 3 heterocycles. The van der Waals surface area contributed by atoms with E-state index in [9.17, 15) is 5.11 Å². The third-order valence-electron chi connectivity index (χ3n) is 4.69. The number of aromatic amines is 1. The van der Waals surface area contributed by atoms with Crippen molar-refractivity contribution in [3.63, 3.8) is 0 Å². The highest BCUT2D eigenvalue weighted by molar-refractivity contribution is 6.14. The summed E-state index contributed by atoms with van der Waals surface area (Å²) >= 11 is 0. The van der Waals surface area contributed by atoms with E-state index in [2.05, 4.69) is 24.9 Å². The molecule has 0 aliphatic heterocycles. The molecule has 0 aliphatic rings. The van der Waals surface area contributed by atoms with Crippen LogP contribution in [0.3, 0.4) is 0 Å². The summed E-state index contributed by atoms with van der Waals surface area (Å²) in [4.78, 5) is 15.4. The number of rotatable bonds is 3. The molecule has 0 bridgehead atoms.